The molecule has 2 aromatic rings. The summed E-state index contributed by atoms with van der Waals surface area (Å²) in [6.45, 7) is 0. The quantitative estimate of drug-likeness (QED) is 0.834. The number of ketones is 1. The molecule has 94 valence electrons. The lowest BCUT2D eigenvalue weighted by Crippen LogP contribution is -2.05. The maximum Gasteiger partial charge on any atom is 0.142 e. The van der Waals surface area contributed by atoms with Crippen LogP contribution in [0, 0.1) is 0 Å². The summed E-state index contributed by atoms with van der Waals surface area (Å²) in [4.78, 5) is 13.0. The molecule has 2 nitrogen and oxygen atoms in total. The third-order valence-corrected chi connectivity index (χ3v) is 4.25. The number of benzene rings is 1. The Bertz CT molecular complexity index is 531. The second-order valence-corrected chi connectivity index (χ2v) is 5.88. The molecule has 4 heteroatoms. The van der Waals surface area contributed by atoms with Crippen molar-refractivity contribution in [2.75, 3.05) is 7.11 Å². The summed E-state index contributed by atoms with van der Waals surface area (Å²) in [5.74, 6) is 1.04. The SMILES string of the molecule is COc1ccc(CC(=O)Cc2cc(Br)cs2)cc1. The predicted molar refractivity (Wildman–Crippen MR) is 77.4 cm³/mol. The highest BCUT2D eigenvalue weighted by molar-refractivity contribution is 9.10. The van der Waals surface area contributed by atoms with Gasteiger partial charge in [-0.3, -0.25) is 4.79 Å². The van der Waals surface area contributed by atoms with Gasteiger partial charge in [-0.15, -0.1) is 11.3 Å². The van der Waals surface area contributed by atoms with Crippen LogP contribution < -0.4 is 4.74 Å². The van der Waals surface area contributed by atoms with Gasteiger partial charge in [0.05, 0.1) is 7.11 Å². The van der Waals surface area contributed by atoms with Crippen molar-refractivity contribution in [1.82, 2.24) is 0 Å². The summed E-state index contributed by atoms with van der Waals surface area (Å²) in [5.41, 5.74) is 1.02. The molecule has 18 heavy (non-hydrogen) atoms. The molecule has 1 aromatic heterocycles. The normalized spacial score (nSPS) is 10.3. The summed E-state index contributed by atoms with van der Waals surface area (Å²) >= 11 is 5.00. The number of carbonyl (C=O) groups is 1. The number of ether oxygens (including phenoxy) is 1. The molecule has 0 radical (unpaired) electrons. The minimum absolute atomic E-state index is 0.231. The first-order chi connectivity index (χ1) is 8.67. The zero-order chi connectivity index (χ0) is 13.0. The Kier molecular flexibility index (Phi) is 4.55. The average molecular weight is 325 g/mol. The largest absolute Gasteiger partial charge is 0.497 e. The number of hydrogen-bond acceptors (Lipinski definition) is 3. The highest BCUT2D eigenvalue weighted by atomic mass is 79.9. The van der Waals surface area contributed by atoms with E-state index in [0.717, 1.165) is 20.7 Å². The molecule has 1 heterocycles. The van der Waals surface area contributed by atoms with E-state index in [2.05, 4.69) is 15.9 Å². The van der Waals surface area contributed by atoms with Gasteiger partial charge in [0.15, 0.2) is 0 Å². The molecular weight excluding hydrogens is 312 g/mol. The Morgan fingerprint density at radius 1 is 1.28 bits per heavy atom. The van der Waals surface area contributed by atoms with Gasteiger partial charge in [-0.05, 0) is 39.7 Å². The smallest absolute Gasteiger partial charge is 0.142 e. The number of Topliss-reactive ketones (excluding diaryl/α,β-unsaturated/α-hetero) is 1. The topological polar surface area (TPSA) is 26.3 Å². The predicted octanol–water partition coefficient (Wildman–Crippen LogP) is 3.87. The molecule has 0 spiro atoms. The summed E-state index contributed by atoms with van der Waals surface area (Å²) < 4.78 is 6.13. The lowest BCUT2D eigenvalue weighted by molar-refractivity contribution is -0.117. The van der Waals surface area contributed by atoms with Crippen molar-refractivity contribution >= 4 is 33.0 Å². The van der Waals surface area contributed by atoms with Gasteiger partial charge in [0.2, 0.25) is 0 Å². The number of rotatable bonds is 5. The van der Waals surface area contributed by atoms with Gasteiger partial charge in [-0.1, -0.05) is 12.1 Å². The van der Waals surface area contributed by atoms with Crippen LogP contribution >= 0.6 is 27.3 Å². The van der Waals surface area contributed by atoms with Crippen LogP contribution in [0.15, 0.2) is 40.2 Å². The van der Waals surface area contributed by atoms with E-state index in [4.69, 9.17) is 4.74 Å². The molecule has 0 saturated carbocycles. The molecule has 2 rings (SSSR count). The van der Waals surface area contributed by atoms with Crippen molar-refractivity contribution < 1.29 is 9.53 Å². The molecule has 0 amide bonds. The van der Waals surface area contributed by atoms with E-state index in [0.29, 0.717) is 12.8 Å². The second-order valence-electron chi connectivity index (χ2n) is 3.97. The van der Waals surface area contributed by atoms with Crippen molar-refractivity contribution in [2.45, 2.75) is 12.8 Å². The zero-order valence-corrected chi connectivity index (χ0v) is 12.4. The molecular formula is C14H13BrO2S. The van der Waals surface area contributed by atoms with E-state index >= 15 is 0 Å². The summed E-state index contributed by atoms with van der Waals surface area (Å²) in [6.07, 6.45) is 0.974. The third-order valence-electron chi connectivity index (χ3n) is 2.55. The molecule has 0 aliphatic heterocycles. The summed E-state index contributed by atoms with van der Waals surface area (Å²) in [5, 5.41) is 2.00. The maximum atomic E-state index is 11.9. The van der Waals surface area contributed by atoms with Crippen LogP contribution in [-0.2, 0) is 17.6 Å². The molecule has 0 saturated heterocycles. The standard InChI is InChI=1S/C14H13BrO2S/c1-17-13-4-2-10(3-5-13)6-12(16)8-14-7-11(15)9-18-14/h2-5,7,9H,6,8H2,1H3. The monoisotopic (exact) mass is 324 g/mol. The Labute approximate surface area is 119 Å². The van der Waals surface area contributed by atoms with Gasteiger partial charge < -0.3 is 4.74 Å². The van der Waals surface area contributed by atoms with Gasteiger partial charge in [0.1, 0.15) is 11.5 Å². The Hall–Kier alpha value is -1.13. The number of methoxy groups -OCH3 is 1. The van der Waals surface area contributed by atoms with E-state index in [-0.39, 0.29) is 5.78 Å². The van der Waals surface area contributed by atoms with Gasteiger partial charge in [-0.2, -0.15) is 0 Å². The van der Waals surface area contributed by atoms with Crippen molar-refractivity contribution in [2.24, 2.45) is 0 Å². The van der Waals surface area contributed by atoms with E-state index in [1.165, 1.54) is 0 Å². The highest BCUT2D eigenvalue weighted by Crippen LogP contribution is 2.21. The third kappa shape index (κ3) is 3.68. The van der Waals surface area contributed by atoms with Crippen molar-refractivity contribution in [3.05, 3.63) is 50.6 Å². The first kappa shape index (κ1) is 13.3. The molecule has 0 aliphatic rings. The van der Waals surface area contributed by atoms with Crippen LogP contribution in [0.1, 0.15) is 10.4 Å². The van der Waals surface area contributed by atoms with Gasteiger partial charge >= 0.3 is 0 Å². The Morgan fingerprint density at radius 3 is 2.56 bits per heavy atom. The lowest BCUT2D eigenvalue weighted by atomic mass is 10.1. The van der Waals surface area contributed by atoms with Crippen LogP contribution in [0.4, 0.5) is 0 Å². The molecule has 0 N–H and O–H groups in total. The number of hydrogen-bond donors (Lipinski definition) is 0. The van der Waals surface area contributed by atoms with E-state index < -0.39 is 0 Å². The van der Waals surface area contributed by atoms with Crippen molar-refractivity contribution in [3.63, 3.8) is 0 Å². The molecule has 0 unspecified atom stereocenters. The van der Waals surface area contributed by atoms with Crippen LogP contribution in [0.5, 0.6) is 5.75 Å². The zero-order valence-electron chi connectivity index (χ0n) is 9.98. The lowest BCUT2D eigenvalue weighted by Gasteiger charge is -2.02. The van der Waals surface area contributed by atoms with Crippen LogP contribution in [0.2, 0.25) is 0 Å². The van der Waals surface area contributed by atoms with E-state index in [1.54, 1.807) is 18.4 Å². The fourth-order valence-corrected chi connectivity index (χ4v) is 3.15. The second kappa shape index (κ2) is 6.16. The van der Waals surface area contributed by atoms with Crippen LogP contribution in [0.3, 0.4) is 0 Å². The number of carbonyl (C=O) groups excluding carboxylic acids is 1. The maximum absolute atomic E-state index is 11.9. The molecule has 0 fully saturated rings. The first-order valence-electron chi connectivity index (χ1n) is 5.55. The number of thiophene rings is 1. The fraction of sp³-hybridized carbons (Fsp3) is 0.214. The fourth-order valence-electron chi connectivity index (χ4n) is 1.67. The van der Waals surface area contributed by atoms with Crippen molar-refractivity contribution in [3.8, 4) is 5.75 Å². The molecule has 1 aromatic carbocycles. The first-order valence-corrected chi connectivity index (χ1v) is 7.22. The highest BCUT2D eigenvalue weighted by Gasteiger charge is 2.07. The average Bonchev–Trinajstić information content (AvgIpc) is 2.75. The van der Waals surface area contributed by atoms with Crippen LogP contribution in [-0.4, -0.2) is 12.9 Å². The van der Waals surface area contributed by atoms with Gasteiger partial charge in [0.25, 0.3) is 0 Å². The molecule has 0 aliphatic carbocycles. The van der Waals surface area contributed by atoms with Gasteiger partial charge in [-0.25, -0.2) is 0 Å². The van der Waals surface area contributed by atoms with Crippen LogP contribution in [0.25, 0.3) is 0 Å². The summed E-state index contributed by atoms with van der Waals surface area (Å²) in [6, 6.07) is 9.62. The van der Waals surface area contributed by atoms with Crippen molar-refractivity contribution in [1.29, 1.82) is 0 Å². The van der Waals surface area contributed by atoms with Gasteiger partial charge in [0, 0.05) is 27.6 Å². The minimum atomic E-state index is 0.231. The van der Waals surface area contributed by atoms with E-state index in [1.807, 2.05) is 35.7 Å². The molecule has 0 bridgehead atoms. The molecule has 0 atom stereocenters. The van der Waals surface area contributed by atoms with E-state index in [9.17, 15) is 4.79 Å². The Morgan fingerprint density at radius 2 is 2.00 bits per heavy atom. The number of halogens is 1. The Balaban J connectivity index is 1.94. The minimum Gasteiger partial charge on any atom is -0.497 e. The summed E-state index contributed by atoms with van der Waals surface area (Å²) in [7, 11) is 1.63.